The number of anilines is 1. The van der Waals surface area contributed by atoms with Crippen molar-refractivity contribution in [3.05, 3.63) is 71.9 Å². The van der Waals surface area contributed by atoms with Gasteiger partial charge in [0.1, 0.15) is 11.6 Å². The van der Waals surface area contributed by atoms with Crippen LogP contribution in [0, 0.1) is 0 Å². The van der Waals surface area contributed by atoms with Gasteiger partial charge in [0, 0.05) is 5.56 Å². The number of aromatic nitrogens is 2. The standard InChI is InChI=1S/C18H15N3O2S/c22-14-8-4-5-12(9-14)17-15-10-19-21(13-6-2-1-3-7-13)18(15)20-16(23)11-24-17/h1-10,17,22H,11H2,(H,20,23)/t17-/m1/s1. The van der Waals surface area contributed by atoms with E-state index in [4.69, 9.17) is 0 Å². The molecule has 1 amide bonds. The number of hydrogen-bond donors (Lipinski definition) is 2. The number of nitrogens with one attached hydrogen (secondary N) is 1. The van der Waals surface area contributed by atoms with Crippen molar-refractivity contribution in [2.45, 2.75) is 5.25 Å². The second kappa shape index (κ2) is 6.05. The summed E-state index contributed by atoms with van der Waals surface area (Å²) in [4.78, 5) is 12.1. The van der Waals surface area contributed by atoms with Gasteiger partial charge in [-0.3, -0.25) is 4.79 Å². The van der Waals surface area contributed by atoms with E-state index in [9.17, 15) is 9.90 Å². The number of aromatic hydroxyl groups is 1. The summed E-state index contributed by atoms with van der Waals surface area (Å²) < 4.78 is 1.74. The fourth-order valence-electron chi connectivity index (χ4n) is 2.82. The Morgan fingerprint density at radius 3 is 2.79 bits per heavy atom. The second-order valence-electron chi connectivity index (χ2n) is 5.53. The fourth-order valence-corrected chi connectivity index (χ4v) is 3.90. The molecule has 24 heavy (non-hydrogen) atoms. The lowest BCUT2D eigenvalue weighted by atomic mass is 10.1. The minimum Gasteiger partial charge on any atom is -0.508 e. The van der Waals surface area contributed by atoms with Gasteiger partial charge >= 0.3 is 0 Å². The van der Waals surface area contributed by atoms with Crippen LogP contribution in [0.5, 0.6) is 5.75 Å². The molecule has 3 aromatic rings. The van der Waals surface area contributed by atoms with Gasteiger partial charge in [0.25, 0.3) is 0 Å². The highest BCUT2D eigenvalue weighted by molar-refractivity contribution is 8.00. The van der Waals surface area contributed by atoms with Crippen molar-refractivity contribution >= 4 is 23.5 Å². The first-order valence-corrected chi connectivity index (χ1v) is 8.61. The zero-order valence-corrected chi connectivity index (χ0v) is 13.5. The molecule has 1 aliphatic rings. The molecule has 0 radical (unpaired) electrons. The third-order valence-corrected chi connectivity index (χ3v) is 5.18. The summed E-state index contributed by atoms with van der Waals surface area (Å²) >= 11 is 1.53. The maximum Gasteiger partial charge on any atom is 0.235 e. The van der Waals surface area contributed by atoms with Crippen LogP contribution in [0.4, 0.5) is 5.82 Å². The molecule has 1 aliphatic heterocycles. The van der Waals surface area contributed by atoms with Crippen LogP contribution in [0.1, 0.15) is 16.4 Å². The molecule has 0 bridgehead atoms. The zero-order valence-electron chi connectivity index (χ0n) is 12.7. The number of phenolic OH excluding ortho intramolecular Hbond substituents is 1. The topological polar surface area (TPSA) is 67.1 Å². The van der Waals surface area contributed by atoms with Crippen molar-refractivity contribution in [3.8, 4) is 11.4 Å². The predicted molar refractivity (Wildman–Crippen MR) is 94.6 cm³/mol. The van der Waals surface area contributed by atoms with E-state index in [1.807, 2.05) is 42.5 Å². The zero-order chi connectivity index (χ0) is 16.5. The van der Waals surface area contributed by atoms with Gasteiger partial charge < -0.3 is 10.4 Å². The molecular weight excluding hydrogens is 322 g/mol. The van der Waals surface area contributed by atoms with Crippen molar-refractivity contribution in [2.24, 2.45) is 0 Å². The molecule has 5 nitrogen and oxygen atoms in total. The van der Waals surface area contributed by atoms with Crippen LogP contribution < -0.4 is 5.32 Å². The van der Waals surface area contributed by atoms with E-state index in [0.717, 1.165) is 16.8 Å². The molecule has 0 aliphatic carbocycles. The Morgan fingerprint density at radius 1 is 1.17 bits per heavy atom. The number of carbonyl (C=O) groups excluding carboxylic acids is 1. The number of phenols is 1. The average molecular weight is 337 g/mol. The van der Waals surface area contributed by atoms with Crippen LogP contribution >= 0.6 is 11.8 Å². The van der Waals surface area contributed by atoms with Gasteiger partial charge in [-0.1, -0.05) is 30.3 Å². The maximum absolute atomic E-state index is 12.1. The Bertz CT molecular complexity index is 892. The summed E-state index contributed by atoms with van der Waals surface area (Å²) in [6.07, 6.45) is 1.79. The molecule has 0 unspecified atom stereocenters. The predicted octanol–water partition coefficient (Wildman–Crippen LogP) is 3.35. The van der Waals surface area contributed by atoms with Crippen molar-refractivity contribution in [3.63, 3.8) is 0 Å². The van der Waals surface area contributed by atoms with Gasteiger partial charge in [0.2, 0.25) is 5.91 Å². The number of nitrogens with zero attached hydrogens (tertiary/aromatic N) is 2. The Kier molecular flexibility index (Phi) is 3.74. The third-order valence-electron chi connectivity index (χ3n) is 3.89. The number of carbonyl (C=O) groups is 1. The van der Waals surface area contributed by atoms with Gasteiger partial charge in [-0.25, -0.2) is 4.68 Å². The minimum absolute atomic E-state index is 0.0541. The first kappa shape index (κ1) is 14.8. The quantitative estimate of drug-likeness (QED) is 0.752. The number of benzene rings is 2. The van der Waals surface area contributed by atoms with Gasteiger partial charge in [0.15, 0.2) is 0 Å². The molecule has 0 saturated carbocycles. The number of rotatable bonds is 2. The minimum atomic E-state index is -0.0662. The molecule has 1 atom stereocenters. The lowest BCUT2D eigenvalue weighted by Gasteiger charge is -2.14. The summed E-state index contributed by atoms with van der Waals surface area (Å²) in [6, 6.07) is 16.8. The number of fused-ring (bicyclic) bond motifs is 1. The molecular formula is C18H15N3O2S. The Labute approximate surface area is 143 Å². The van der Waals surface area contributed by atoms with Gasteiger partial charge in [-0.15, -0.1) is 11.8 Å². The van der Waals surface area contributed by atoms with Crippen LogP contribution in [0.15, 0.2) is 60.8 Å². The van der Waals surface area contributed by atoms with Crippen molar-refractivity contribution in [2.75, 3.05) is 11.1 Å². The summed E-state index contributed by atoms with van der Waals surface area (Å²) in [5.74, 6) is 1.20. The smallest absolute Gasteiger partial charge is 0.235 e. The summed E-state index contributed by atoms with van der Waals surface area (Å²) in [5.41, 5.74) is 2.77. The van der Waals surface area contributed by atoms with Crippen LogP contribution in [0.3, 0.4) is 0 Å². The number of thioether (sulfide) groups is 1. The molecule has 0 spiro atoms. The van der Waals surface area contributed by atoms with E-state index in [-0.39, 0.29) is 16.9 Å². The van der Waals surface area contributed by atoms with Gasteiger partial charge in [-0.2, -0.15) is 5.10 Å². The van der Waals surface area contributed by atoms with E-state index in [2.05, 4.69) is 10.4 Å². The fraction of sp³-hybridized carbons (Fsp3) is 0.111. The molecule has 120 valence electrons. The maximum atomic E-state index is 12.1. The second-order valence-corrected chi connectivity index (χ2v) is 6.62. The first-order valence-electron chi connectivity index (χ1n) is 7.56. The Balaban J connectivity index is 1.84. The number of amides is 1. The van der Waals surface area contributed by atoms with E-state index < -0.39 is 0 Å². The SMILES string of the molecule is O=C1CS[C@H](c2cccc(O)c2)c2cnn(-c3ccccc3)c2N1. The molecule has 0 saturated heterocycles. The normalized spacial score (nSPS) is 17.0. The largest absolute Gasteiger partial charge is 0.508 e. The highest BCUT2D eigenvalue weighted by Crippen LogP contribution is 2.42. The molecule has 2 N–H and O–H groups in total. The molecule has 2 heterocycles. The first-order chi connectivity index (χ1) is 11.7. The van der Waals surface area contributed by atoms with E-state index >= 15 is 0 Å². The summed E-state index contributed by atoms with van der Waals surface area (Å²) in [7, 11) is 0. The van der Waals surface area contributed by atoms with Crippen molar-refractivity contribution in [1.29, 1.82) is 0 Å². The molecule has 1 aromatic heterocycles. The van der Waals surface area contributed by atoms with Gasteiger partial charge in [-0.05, 0) is 29.8 Å². The molecule has 2 aromatic carbocycles. The summed E-state index contributed by atoms with van der Waals surface area (Å²) in [6.45, 7) is 0. The highest BCUT2D eigenvalue weighted by atomic mass is 32.2. The van der Waals surface area contributed by atoms with Crippen LogP contribution in [0.25, 0.3) is 5.69 Å². The average Bonchev–Trinajstić information content (AvgIpc) is 2.92. The van der Waals surface area contributed by atoms with Crippen molar-refractivity contribution in [1.82, 2.24) is 9.78 Å². The molecule has 0 fully saturated rings. The van der Waals surface area contributed by atoms with Crippen LogP contribution in [-0.2, 0) is 4.79 Å². The molecule has 4 rings (SSSR count). The van der Waals surface area contributed by atoms with E-state index in [1.54, 1.807) is 23.0 Å². The Morgan fingerprint density at radius 2 is 2.00 bits per heavy atom. The molecule has 6 heteroatoms. The third kappa shape index (κ3) is 2.65. The Hall–Kier alpha value is -2.73. The van der Waals surface area contributed by atoms with E-state index in [1.165, 1.54) is 11.8 Å². The van der Waals surface area contributed by atoms with Gasteiger partial charge in [0.05, 0.1) is 22.9 Å². The van der Waals surface area contributed by atoms with Crippen molar-refractivity contribution < 1.29 is 9.90 Å². The number of hydrogen-bond acceptors (Lipinski definition) is 4. The van der Waals surface area contributed by atoms with Crippen LogP contribution in [0.2, 0.25) is 0 Å². The monoisotopic (exact) mass is 337 g/mol. The van der Waals surface area contributed by atoms with Crippen LogP contribution in [-0.4, -0.2) is 26.5 Å². The number of para-hydroxylation sites is 1. The lowest BCUT2D eigenvalue weighted by Crippen LogP contribution is -2.15. The lowest BCUT2D eigenvalue weighted by molar-refractivity contribution is -0.113. The summed E-state index contributed by atoms with van der Waals surface area (Å²) in [5, 5.41) is 17.1. The van der Waals surface area contributed by atoms with E-state index in [0.29, 0.717) is 11.6 Å². The highest BCUT2D eigenvalue weighted by Gasteiger charge is 2.28.